The van der Waals surface area contributed by atoms with Crippen LogP contribution in [-0.4, -0.2) is 17.7 Å². The molecule has 152 valence electrons. The first kappa shape index (κ1) is 22.4. The first-order valence-corrected chi connectivity index (χ1v) is 9.55. The lowest BCUT2D eigenvalue weighted by Crippen LogP contribution is -3.00. The Balaban J connectivity index is 0.00000300. The van der Waals surface area contributed by atoms with Crippen molar-refractivity contribution in [2.24, 2.45) is 5.10 Å². The Kier molecular flexibility index (Phi) is 8.23. The third-order valence-corrected chi connectivity index (χ3v) is 5.03. The first-order valence-electron chi connectivity index (χ1n) is 8.73. The van der Waals surface area contributed by atoms with Crippen molar-refractivity contribution in [2.75, 3.05) is 12.4 Å². The number of nitrogens with zero attached hydrogens (tertiary/aromatic N) is 2. The Morgan fingerprint density at radius 1 is 1.21 bits per heavy atom. The van der Waals surface area contributed by atoms with Gasteiger partial charge in [0.05, 0.1) is 12.8 Å². The summed E-state index contributed by atoms with van der Waals surface area (Å²) in [5, 5.41) is 7.06. The molecule has 2 N–H and O–H groups in total. The van der Waals surface area contributed by atoms with Gasteiger partial charge < -0.3 is 31.6 Å². The summed E-state index contributed by atoms with van der Waals surface area (Å²) >= 11 is 1.51. The first-order chi connectivity index (χ1) is 13.6. The number of benzene rings is 2. The minimum absolute atomic E-state index is 0. The number of hydrogen-bond acceptors (Lipinski definition) is 4. The van der Waals surface area contributed by atoms with E-state index in [4.69, 9.17) is 4.74 Å². The lowest BCUT2D eigenvalue weighted by atomic mass is 10.1. The highest BCUT2D eigenvalue weighted by Gasteiger charge is 2.12. The number of anilines is 1. The molecule has 0 aliphatic heterocycles. The molecule has 2 aromatic carbocycles. The molecule has 2 amide bonds. The number of hydrogen-bond donors (Lipinski definition) is 2. The third kappa shape index (κ3) is 5.58. The maximum absolute atomic E-state index is 12.1. The number of urea groups is 1. The molecule has 3 aromatic rings. The molecular formula is C21H22BrN4O2S-. The van der Waals surface area contributed by atoms with E-state index in [1.54, 1.807) is 7.11 Å². The maximum Gasteiger partial charge on any atom is 0.339 e. The fourth-order valence-electron chi connectivity index (χ4n) is 2.79. The molecule has 1 heterocycles. The van der Waals surface area contributed by atoms with E-state index in [-0.39, 0.29) is 17.0 Å². The van der Waals surface area contributed by atoms with Crippen LogP contribution < -0.4 is 37.3 Å². The topological polar surface area (TPSA) is 67.6 Å². The van der Waals surface area contributed by atoms with Gasteiger partial charge in [-0.2, -0.15) is 0 Å². The van der Waals surface area contributed by atoms with Gasteiger partial charge in [0.2, 0.25) is 4.80 Å². The van der Waals surface area contributed by atoms with Gasteiger partial charge in [-0.25, -0.2) is 10.2 Å². The predicted octanol–water partition coefficient (Wildman–Crippen LogP) is 1.36. The van der Waals surface area contributed by atoms with E-state index in [2.05, 4.69) is 22.4 Å². The zero-order chi connectivity index (χ0) is 19.9. The highest BCUT2D eigenvalue weighted by molar-refractivity contribution is 7.09. The molecule has 0 saturated carbocycles. The Hall–Kier alpha value is -2.84. The number of rotatable bonds is 6. The molecule has 6 nitrogen and oxygen atoms in total. The number of nitrogens with one attached hydrogen (secondary N) is 2. The van der Waals surface area contributed by atoms with Crippen molar-refractivity contribution in [1.82, 2.24) is 9.99 Å². The molecular weight excluding hydrogens is 452 g/mol. The summed E-state index contributed by atoms with van der Waals surface area (Å²) in [5.74, 6) is 0.802. The van der Waals surface area contributed by atoms with Crippen LogP contribution in [0.2, 0.25) is 0 Å². The van der Waals surface area contributed by atoms with Crippen molar-refractivity contribution in [3.05, 3.63) is 76.9 Å². The van der Waals surface area contributed by atoms with Crippen molar-refractivity contribution in [3.8, 4) is 17.0 Å². The molecule has 0 aliphatic rings. The van der Waals surface area contributed by atoms with E-state index in [9.17, 15) is 4.79 Å². The Bertz CT molecular complexity index is 1030. The molecule has 0 unspecified atom stereocenters. The standard InChI is InChI=1S/C21H22N4O2S.BrH/c1-4-14-25-19(16-10-12-18(27-3)13-11-16)15(2)28-21(25)24-23-20(26)22-17-8-6-5-7-9-17;/h4-13H,1,14H2,2-3H3,(H2,22,23,26);1H/p-1/b24-21-;. The summed E-state index contributed by atoms with van der Waals surface area (Å²) in [4.78, 5) is 13.9. The van der Waals surface area contributed by atoms with Gasteiger partial charge in [0.15, 0.2) is 0 Å². The van der Waals surface area contributed by atoms with Crippen molar-refractivity contribution in [2.45, 2.75) is 13.5 Å². The second kappa shape index (κ2) is 10.6. The van der Waals surface area contributed by atoms with Gasteiger partial charge in [-0.3, -0.25) is 0 Å². The molecule has 8 heteroatoms. The normalized spacial score (nSPS) is 10.8. The van der Waals surface area contributed by atoms with E-state index >= 15 is 0 Å². The Labute approximate surface area is 184 Å². The van der Waals surface area contributed by atoms with Gasteiger partial charge >= 0.3 is 6.03 Å². The second-order valence-corrected chi connectivity index (χ2v) is 7.14. The fourth-order valence-corrected chi connectivity index (χ4v) is 3.76. The smallest absolute Gasteiger partial charge is 0.339 e. The second-order valence-electron chi connectivity index (χ2n) is 5.96. The van der Waals surface area contributed by atoms with Crippen LogP contribution in [0.25, 0.3) is 11.3 Å². The molecule has 0 spiro atoms. The third-order valence-electron chi connectivity index (χ3n) is 4.04. The number of allylic oxidation sites excluding steroid dienone is 1. The molecule has 0 aliphatic carbocycles. The van der Waals surface area contributed by atoms with Gasteiger partial charge in [0, 0.05) is 17.1 Å². The van der Waals surface area contributed by atoms with Crippen LogP contribution in [0.1, 0.15) is 4.88 Å². The van der Waals surface area contributed by atoms with Crippen molar-refractivity contribution < 1.29 is 26.5 Å². The SMILES string of the molecule is C=CCn1c(-c2ccc(OC)cc2)c(C)s/c1=N\NC(=O)Nc1ccccc1.[Br-]. The largest absolute Gasteiger partial charge is 1.00 e. The lowest BCUT2D eigenvalue weighted by molar-refractivity contribution is -0.00000903. The van der Waals surface area contributed by atoms with Crippen molar-refractivity contribution in [3.63, 3.8) is 0 Å². The average Bonchev–Trinajstić information content (AvgIpc) is 3.02. The molecule has 0 saturated heterocycles. The Morgan fingerprint density at radius 2 is 1.90 bits per heavy atom. The van der Waals surface area contributed by atoms with Crippen LogP contribution >= 0.6 is 11.3 Å². The summed E-state index contributed by atoms with van der Waals surface area (Å²) < 4.78 is 7.26. The molecule has 29 heavy (non-hydrogen) atoms. The number of methoxy groups -OCH3 is 1. The van der Waals surface area contributed by atoms with Gasteiger partial charge in [-0.15, -0.1) is 11.7 Å². The zero-order valence-electron chi connectivity index (χ0n) is 16.2. The van der Waals surface area contributed by atoms with Crippen molar-refractivity contribution in [1.29, 1.82) is 0 Å². The highest BCUT2D eigenvalue weighted by atomic mass is 79.9. The fraction of sp³-hybridized carbons (Fsp3) is 0.143. The van der Waals surface area contributed by atoms with Gasteiger partial charge in [0.1, 0.15) is 5.75 Å². The van der Waals surface area contributed by atoms with Crippen LogP contribution in [0.5, 0.6) is 5.75 Å². The van der Waals surface area contributed by atoms with Gasteiger partial charge in [-0.05, 0) is 48.9 Å². The van der Waals surface area contributed by atoms with E-state index in [0.29, 0.717) is 17.0 Å². The predicted molar refractivity (Wildman–Crippen MR) is 113 cm³/mol. The molecule has 0 atom stereocenters. The van der Waals surface area contributed by atoms with Crippen LogP contribution in [-0.2, 0) is 6.54 Å². The Morgan fingerprint density at radius 3 is 2.52 bits per heavy atom. The summed E-state index contributed by atoms with van der Waals surface area (Å²) in [6.07, 6.45) is 1.81. The zero-order valence-corrected chi connectivity index (χ0v) is 18.6. The molecule has 1 aromatic heterocycles. The highest BCUT2D eigenvalue weighted by Crippen LogP contribution is 2.27. The minimum Gasteiger partial charge on any atom is -1.00 e. The number of aryl methyl sites for hydroxylation is 1. The number of aromatic nitrogens is 1. The quantitative estimate of drug-likeness (QED) is 0.419. The summed E-state index contributed by atoms with van der Waals surface area (Å²) in [5.41, 5.74) is 5.36. The number of para-hydroxylation sites is 1. The number of thiazole rings is 1. The number of ether oxygens (including phenoxy) is 1. The van der Waals surface area contributed by atoms with E-state index < -0.39 is 6.03 Å². The van der Waals surface area contributed by atoms with Crippen LogP contribution in [0.4, 0.5) is 10.5 Å². The number of halogens is 1. The maximum atomic E-state index is 12.1. The van der Waals surface area contributed by atoms with Gasteiger partial charge in [-0.1, -0.05) is 35.6 Å². The van der Waals surface area contributed by atoms with Crippen LogP contribution in [0.15, 0.2) is 72.4 Å². The minimum atomic E-state index is -0.395. The van der Waals surface area contributed by atoms with Gasteiger partial charge in [0.25, 0.3) is 0 Å². The van der Waals surface area contributed by atoms with E-state index in [1.807, 2.05) is 72.2 Å². The number of carbonyl (C=O) groups excluding carboxylic acids is 1. The summed E-state index contributed by atoms with van der Waals surface area (Å²) in [6.45, 7) is 6.45. The van der Waals surface area contributed by atoms with Crippen LogP contribution in [0.3, 0.4) is 0 Å². The average molecular weight is 474 g/mol. The van der Waals surface area contributed by atoms with E-state index in [1.165, 1.54) is 11.3 Å². The van der Waals surface area contributed by atoms with Crippen LogP contribution in [0, 0.1) is 6.92 Å². The van der Waals surface area contributed by atoms with E-state index in [0.717, 1.165) is 21.9 Å². The molecule has 0 bridgehead atoms. The molecule has 3 rings (SSSR count). The summed E-state index contributed by atoms with van der Waals surface area (Å²) in [6, 6.07) is 16.7. The monoisotopic (exact) mass is 473 g/mol. The lowest BCUT2D eigenvalue weighted by Gasteiger charge is -2.09. The summed E-state index contributed by atoms with van der Waals surface area (Å²) in [7, 11) is 1.64. The molecule has 0 fully saturated rings. The molecule has 0 radical (unpaired) electrons. The number of amides is 2. The number of carbonyl (C=O) groups is 1. The van der Waals surface area contributed by atoms with Crippen molar-refractivity contribution >= 4 is 23.1 Å².